The first-order chi connectivity index (χ1) is 8.65. The van der Waals surface area contributed by atoms with Crippen molar-refractivity contribution in [1.82, 2.24) is 0 Å². The highest BCUT2D eigenvalue weighted by Crippen LogP contribution is 2.18. The van der Waals surface area contributed by atoms with Crippen LogP contribution in [0.5, 0.6) is 5.75 Å². The molecule has 2 aromatic carbocycles. The summed E-state index contributed by atoms with van der Waals surface area (Å²) in [5, 5.41) is 9.37. The van der Waals surface area contributed by atoms with Gasteiger partial charge in [-0.25, -0.2) is 4.39 Å². The van der Waals surface area contributed by atoms with E-state index in [-0.39, 0.29) is 5.82 Å². The van der Waals surface area contributed by atoms with Crippen LogP contribution in [0.25, 0.3) is 0 Å². The summed E-state index contributed by atoms with van der Waals surface area (Å²) in [7, 11) is 0. The van der Waals surface area contributed by atoms with Gasteiger partial charge in [-0.15, -0.1) is 0 Å². The zero-order chi connectivity index (χ0) is 13.0. The van der Waals surface area contributed by atoms with Crippen molar-refractivity contribution in [2.24, 2.45) is 0 Å². The third-order valence-electron chi connectivity index (χ3n) is 2.66. The second-order valence-electron chi connectivity index (χ2n) is 4.16. The van der Waals surface area contributed by atoms with Crippen LogP contribution in [0.4, 0.5) is 4.39 Å². The molecule has 0 heterocycles. The van der Waals surface area contributed by atoms with Crippen LogP contribution in [0.3, 0.4) is 0 Å². The fourth-order valence-corrected chi connectivity index (χ4v) is 1.64. The normalized spacial score (nSPS) is 12.2. The molecule has 0 aliphatic carbocycles. The van der Waals surface area contributed by atoms with Crippen molar-refractivity contribution in [3.05, 3.63) is 65.5 Å². The smallest absolute Gasteiger partial charge is 0.123 e. The molecule has 2 nitrogen and oxygen atoms in total. The highest BCUT2D eigenvalue weighted by Gasteiger charge is 2.01. The van der Waals surface area contributed by atoms with Crippen LogP contribution in [0.2, 0.25) is 0 Å². The van der Waals surface area contributed by atoms with Crippen LogP contribution in [-0.2, 0) is 6.61 Å². The summed E-state index contributed by atoms with van der Waals surface area (Å²) in [5.41, 5.74) is 1.63. The van der Waals surface area contributed by atoms with E-state index in [4.69, 9.17) is 4.74 Å². The fraction of sp³-hybridized carbons (Fsp3) is 0.200. The highest BCUT2D eigenvalue weighted by molar-refractivity contribution is 5.28. The Kier molecular flexibility index (Phi) is 3.95. The number of ether oxygens (including phenoxy) is 1. The van der Waals surface area contributed by atoms with E-state index in [0.29, 0.717) is 12.4 Å². The van der Waals surface area contributed by atoms with Gasteiger partial charge in [0.25, 0.3) is 0 Å². The lowest BCUT2D eigenvalue weighted by molar-refractivity contribution is 0.199. The lowest BCUT2D eigenvalue weighted by Gasteiger charge is -2.08. The van der Waals surface area contributed by atoms with Gasteiger partial charge in [0.05, 0.1) is 6.10 Å². The number of rotatable bonds is 4. The van der Waals surface area contributed by atoms with Crippen LogP contribution in [0.15, 0.2) is 48.5 Å². The maximum absolute atomic E-state index is 13.0. The van der Waals surface area contributed by atoms with E-state index < -0.39 is 6.10 Å². The van der Waals surface area contributed by atoms with Crippen LogP contribution in [0, 0.1) is 5.82 Å². The Balaban J connectivity index is 1.98. The molecule has 0 aliphatic rings. The Bertz CT molecular complexity index is 506. The Labute approximate surface area is 106 Å². The molecule has 0 spiro atoms. The molecule has 1 unspecified atom stereocenters. The predicted octanol–water partition coefficient (Wildman–Crippen LogP) is 3.46. The number of hydrogen-bond acceptors (Lipinski definition) is 2. The third-order valence-corrected chi connectivity index (χ3v) is 2.66. The number of hydrogen-bond donors (Lipinski definition) is 1. The summed E-state index contributed by atoms with van der Waals surface area (Å²) in [6.45, 7) is 2.04. The highest BCUT2D eigenvalue weighted by atomic mass is 19.1. The molecule has 0 saturated heterocycles. The van der Waals surface area contributed by atoms with E-state index in [1.165, 1.54) is 12.1 Å². The van der Waals surface area contributed by atoms with Gasteiger partial charge in [0, 0.05) is 0 Å². The largest absolute Gasteiger partial charge is 0.489 e. The molecular weight excluding hydrogens is 231 g/mol. The second-order valence-corrected chi connectivity index (χ2v) is 4.16. The Morgan fingerprint density at radius 2 is 1.89 bits per heavy atom. The molecule has 0 fully saturated rings. The molecule has 2 aromatic rings. The summed E-state index contributed by atoms with van der Waals surface area (Å²) in [4.78, 5) is 0. The van der Waals surface area contributed by atoms with E-state index in [2.05, 4.69) is 0 Å². The van der Waals surface area contributed by atoms with Gasteiger partial charge in [-0.1, -0.05) is 24.3 Å². The minimum atomic E-state index is -0.484. The summed E-state index contributed by atoms with van der Waals surface area (Å²) < 4.78 is 18.5. The third kappa shape index (κ3) is 3.31. The van der Waals surface area contributed by atoms with Crippen molar-refractivity contribution < 1.29 is 14.2 Å². The minimum absolute atomic E-state index is 0.263. The molecule has 0 amide bonds. The van der Waals surface area contributed by atoms with Crippen LogP contribution in [0.1, 0.15) is 24.2 Å². The van der Waals surface area contributed by atoms with Gasteiger partial charge in [-0.2, -0.15) is 0 Å². The molecule has 94 valence electrons. The topological polar surface area (TPSA) is 29.5 Å². The van der Waals surface area contributed by atoms with Gasteiger partial charge in [-0.05, 0) is 42.3 Å². The van der Waals surface area contributed by atoms with Gasteiger partial charge in [-0.3, -0.25) is 0 Å². The van der Waals surface area contributed by atoms with Crippen molar-refractivity contribution in [2.75, 3.05) is 0 Å². The van der Waals surface area contributed by atoms with Crippen molar-refractivity contribution in [3.8, 4) is 5.75 Å². The molecule has 0 bridgehead atoms. The Morgan fingerprint density at radius 3 is 2.50 bits per heavy atom. The second kappa shape index (κ2) is 5.65. The number of aliphatic hydroxyl groups excluding tert-OH is 1. The summed E-state index contributed by atoms with van der Waals surface area (Å²) in [5.74, 6) is 0.434. The maximum atomic E-state index is 13.0. The maximum Gasteiger partial charge on any atom is 0.123 e. The lowest BCUT2D eigenvalue weighted by Crippen LogP contribution is -1.96. The standard InChI is InChI=1S/C15H15FO2/c1-11(17)13-5-7-15(8-6-13)18-10-12-3-2-4-14(16)9-12/h2-9,11,17H,10H2,1H3. The molecule has 1 atom stereocenters. The monoisotopic (exact) mass is 246 g/mol. The van der Waals surface area contributed by atoms with Crippen LogP contribution >= 0.6 is 0 Å². The molecule has 0 saturated carbocycles. The van der Waals surface area contributed by atoms with E-state index >= 15 is 0 Å². The first-order valence-electron chi connectivity index (χ1n) is 5.80. The Morgan fingerprint density at radius 1 is 1.17 bits per heavy atom. The summed E-state index contributed by atoms with van der Waals surface area (Å²) >= 11 is 0. The number of halogens is 1. The fourth-order valence-electron chi connectivity index (χ4n) is 1.64. The van der Waals surface area contributed by atoms with Crippen LogP contribution in [-0.4, -0.2) is 5.11 Å². The van der Waals surface area contributed by atoms with Crippen molar-refractivity contribution in [3.63, 3.8) is 0 Å². The van der Waals surface area contributed by atoms with Crippen molar-refractivity contribution in [1.29, 1.82) is 0 Å². The molecule has 0 aromatic heterocycles. The molecule has 2 rings (SSSR count). The summed E-state index contributed by atoms with van der Waals surface area (Å²) in [6.07, 6.45) is -0.484. The van der Waals surface area contributed by atoms with Crippen molar-refractivity contribution >= 4 is 0 Å². The average molecular weight is 246 g/mol. The Hall–Kier alpha value is -1.87. The quantitative estimate of drug-likeness (QED) is 0.895. The van der Waals surface area contributed by atoms with E-state index in [9.17, 15) is 9.50 Å². The van der Waals surface area contributed by atoms with E-state index in [0.717, 1.165) is 11.1 Å². The number of benzene rings is 2. The minimum Gasteiger partial charge on any atom is -0.489 e. The van der Waals surface area contributed by atoms with Gasteiger partial charge >= 0.3 is 0 Å². The SMILES string of the molecule is CC(O)c1ccc(OCc2cccc(F)c2)cc1. The van der Waals surface area contributed by atoms with Gasteiger partial charge < -0.3 is 9.84 Å². The average Bonchev–Trinajstić information content (AvgIpc) is 2.37. The van der Waals surface area contributed by atoms with Gasteiger partial charge in [0.2, 0.25) is 0 Å². The van der Waals surface area contributed by atoms with Crippen molar-refractivity contribution in [2.45, 2.75) is 19.6 Å². The first-order valence-corrected chi connectivity index (χ1v) is 5.80. The molecule has 18 heavy (non-hydrogen) atoms. The first kappa shape index (κ1) is 12.6. The molecule has 0 radical (unpaired) electrons. The van der Waals surface area contributed by atoms with E-state index in [1.807, 2.05) is 18.2 Å². The number of aliphatic hydroxyl groups is 1. The van der Waals surface area contributed by atoms with Gasteiger partial charge in [0.15, 0.2) is 0 Å². The van der Waals surface area contributed by atoms with E-state index in [1.54, 1.807) is 25.1 Å². The molecular formula is C15H15FO2. The zero-order valence-electron chi connectivity index (χ0n) is 10.1. The van der Waals surface area contributed by atoms with Crippen LogP contribution < -0.4 is 4.74 Å². The summed E-state index contributed by atoms with van der Waals surface area (Å²) in [6, 6.07) is 13.5. The zero-order valence-corrected chi connectivity index (χ0v) is 10.1. The molecule has 3 heteroatoms. The lowest BCUT2D eigenvalue weighted by atomic mass is 10.1. The van der Waals surface area contributed by atoms with Gasteiger partial charge in [0.1, 0.15) is 18.2 Å². The predicted molar refractivity (Wildman–Crippen MR) is 67.8 cm³/mol. The molecule has 1 N–H and O–H groups in total. The molecule has 0 aliphatic heterocycles.